The molecule has 0 aromatic heterocycles. The molecule has 5 heteroatoms. The lowest BCUT2D eigenvalue weighted by Crippen LogP contribution is -2.44. The fraction of sp³-hybridized carbons (Fsp3) is 0.286. The molecule has 0 bridgehead atoms. The van der Waals surface area contributed by atoms with Crippen molar-refractivity contribution in [3.63, 3.8) is 0 Å². The van der Waals surface area contributed by atoms with Gasteiger partial charge in [-0.05, 0) is 49.1 Å². The van der Waals surface area contributed by atoms with Crippen molar-refractivity contribution in [1.82, 2.24) is 5.32 Å². The molecule has 0 aliphatic carbocycles. The zero-order valence-electron chi connectivity index (χ0n) is 15.2. The predicted molar refractivity (Wildman–Crippen MR) is 102 cm³/mol. The molecule has 0 saturated heterocycles. The van der Waals surface area contributed by atoms with Gasteiger partial charge in [0.25, 0.3) is 5.91 Å². The van der Waals surface area contributed by atoms with E-state index in [0.29, 0.717) is 23.2 Å². The molecule has 0 saturated carbocycles. The maximum absolute atomic E-state index is 12.7. The van der Waals surface area contributed by atoms with Gasteiger partial charge in [0.05, 0.1) is 11.6 Å². The van der Waals surface area contributed by atoms with Crippen molar-refractivity contribution in [1.29, 1.82) is 5.26 Å². The molecule has 0 heterocycles. The number of carbonyl (C=O) groups excluding carboxylic acids is 2. The summed E-state index contributed by atoms with van der Waals surface area (Å²) in [4.78, 5) is 25.3. The van der Waals surface area contributed by atoms with Crippen LogP contribution in [-0.2, 0) is 4.79 Å². The Kier molecular flexibility index (Phi) is 6.51. The summed E-state index contributed by atoms with van der Waals surface area (Å²) in [6.07, 6.45) is 0.515. The number of amides is 2. The summed E-state index contributed by atoms with van der Waals surface area (Å²) in [5.74, 6) is -0.334. The molecule has 0 aliphatic rings. The first-order chi connectivity index (χ1) is 12.4. The number of nitrogens with one attached hydrogen (secondary N) is 2. The fourth-order valence-electron chi connectivity index (χ4n) is 2.66. The van der Waals surface area contributed by atoms with E-state index >= 15 is 0 Å². The zero-order chi connectivity index (χ0) is 19.1. The lowest BCUT2D eigenvalue weighted by atomic mass is 10.0. The third-order valence-corrected chi connectivity index (χ3v) is 3.98. The summed E-state index contributed by atoms with van der Waals surface area (Å²) in [5.41, 5.74) is 2.41. The SMILES string of the molecule is Cc1ccccc1C(=O)N[C@H](CC(C)C)C(=O)Nc1cccc(C#N)c1. The van der Waals surface area contributed by atoms with Crippen LogP contribution in [0.2, 0.25) is 0 Å². The van der Waals surface area contributed by atoms with Crippen LogP contribution in [0.1, 0.15) is 41.8 Å². The molecule has 5 nitrogen and oxygen atoms in total. The first-order valence-corrected chi connectivity index (χ1v) is 8.58. The van der Waals surface area contributed by atoms with E-state index in [1.807, 2.05) is 39.0 Å². The van der Waals surface area contributed by atoms with Crippen LogP contribution in [-0.4, -0.2) is 17.9 Å². The van der Waals surface area contributed by atoms with Crippen molar-refractivity contribution >= 4 is 17.5 Å². The molecule has 0 radical (unpaired) electrons. The van der Waals surface area contributed by atoms with E-state index in [1.165, 1.54) is 0 Å². The monoisotopic (exact) mass is 349 g/mol. The van der Waals surface area contributed by atoms with Gasteiger partial charge in [0.15, 0.2) is 0 Å². The highest BCUT2D eigenvalue weighted by molar-refractivity contribution is 6.01. The zero-order valence-corrected chi connectivity index (χ0v) is 15.2. The molecule has 2 amide bonds. The summed E-state index contributed by atoms with van der Waals surface area (Å²) >= 11 is 0. The van der Waals surface area contributed by atoms with Gasteiger partial charge in [-0.15, -0.1) is 0 Å². The molecule has 26 heavy (non-hydrogen) atoms. The standard InChI is InChI=1S/C21H23N3O2/c1-14(2)11-19(24-20(25)18-10-5-4-7-15(18)3)21(26)23-17-9-6-8-16(12-17)13-22/h4-10,12,14,19H,11H2,1-3H3,(H,23,26)(H,24,25)/t19-/m1/s1. The molecule has 2 aromatic carbocycles. The first-order valence-electron chi connectivity index (χ1n) is 8.58. The van der Waals surface area contributed by atoms with Crippen molar-refractivity contribution in [2.75, 3.05) is 5.32 Å². The van der Waals surface area contributed by atoms with Gasteiger partial charge in [0.1, 0.15) is 6.04 Å². The van der Waals surface area contributed by atoms with Crippen LogP contribution >= 0.6 is 0 Å². The quantitative estimate of drug-likeness (QED) is 0.835. The predicted octanol–water partition coefficient (Wildman–Crippen LogP) is 3.65. The number of hydrogen-bond donors (Lipinski definition) is 2. The van der Waals surface area contributed by atoms with Crippen LogP contribution in [0.25, 0.3) is 0 Å². The number of hydrogen-bond acceptors (Lipinski definition) is 3. The number of aryl methyl sites for hydroxylation is 1. The average Bonchev–Trinajstić information content (AvgIpc) is 2.61. The van der Waals surface area contributed by atoms with Gasteiger partial charge >= 0.3 is 0 Å². The lowest BCUT2D eigenvalue weighted by Gasteiger charge is -2.21. The van der Waals surface area contributed by atoms with E-state index in [1.54, 1.807) is 36.4 Å². The number of rotatable bonds is 6. The van der Waals surface area contributed by atoms with E-state index in [4.69, 9.17) is 5.26 Å². The van der Waals surface area contributed by atoms with E-state index in [0.717, 1.165) is 5.56 Å². The smallest absolute Gasteiger partial charge is 0.252 e. The Hall–Kier alpha value is -3.13. The van der Waals surface area contributed by atoms with E-state index in [2.05, 4.69) is 10.6 Å². The van der Waals surface area contributed by atoms with E-state index < -0.39 is 6.04 Å². The summed E-state index contributed by atoms with van der Waals surface area (Å²) in [5, 5.41) is 14.6. The number of carbonyl (C=O) groups is 2. The maximum Gasteiger partial charge on any atom is 0.252 e. The molecule has 1 atom stereocenters. The van der Waals surface area contributed by atoms with Crippen molar-refractivity contribution in [2.24, 2.45) is 5.92 Å². The molecule has 0 spiro atoms. The first kappa shape index (κ1) is 19.2. The van der Waals surface area contributed by atoms with Gasteiger partial charge in [0.2, 0.25) is 5.91 Å². The highest BCUT2D eigenvalue weighted by Gasteiger charge is 2.23. The average molecular weight is 349 g/mol. The second kappa shape index (κ2) is 8.82. The molecular weight excluding hydrogens is 326 g/mol. The fourth-order valence-corrected chi connectivity index (χ4v) is 2.66. The van der Waals surface area contributed by atoms with Crippen LogP contribution in [0.5, 0.6) is 0 Å². The number of benzene rings is 2. The van der Waals surface area contributed by atoms with Crippen molar-refractivity contribution in [3.05, 3.63) is 65.2 Å². The Balaban J connectivity index is 2.15. The number of anilines is 1. The lowest BCUT2D eigenvalue weighted by molar-refractivity contribution is -0.118. The Bertz CT molecular complexity index is 837. The minimum absolute atomic E-state index is 0.230. The van der Waals surface area contributed by atoms with Crippen molar-refractivity contribution in [3.8, 4) is 6.07 Å². The molecule has 0 aliphatic heterocycles. The minimum atomic E-state index is -0.659. The van der Waals surface area contributed by atoms with Crippen LogP contribution in [0.3, 0.4) is 0 Å². The maximum atomic E-state index is 12.7. The summed E-state index contributed by atoms with van der Waals surface area (Å²) in [6, 6.07) is 15.3. The van der Waals surface area contributed by atoms with Crippen molar-refractivity contribution < 1.29 is 9.59 Å². The van der Waals surface area contributed by atoms with E-state index in [9.17, 15) is 9.59 Å². The van der Waals surface area contributed by atoms with Crippen LogP contribution in [0.4, 0.5) is 5.69 Å². The van der Waals surface area contributed by atoms with Crippen molar-refractivity contribution in [2.45, 2.75) is 33.2 Å². The Labute approximate surface area is 154 Å². The molecule has 2 rings (SSSR count). The largest absolute Gasteiger partial charge is 0.340 e. The molecular formula is C21H23N3O2. The van der Waals surface area contributed by atoms with Crippen LogP contribution in [0.15, 0.2) is 48.5 Å². The van der Waals surface area contributed by atoms with Gasteiger partial charge < -0.3 is 10.6 Å². The Morgan fingerprint density at radius 1 is 1.12 bits per heavy atom. The van der Waals surface area contributed by atoms with Gasteiger partial charge in [-0.25, -0.2) is 0 Å². The third kappa shape index (κ3) is 5.18. The highest BCUT2D eigenvalue weighted by atomic mass is 16.2. The normalized spacial score (nSPS) is 11.5. The minimum Gasteiger partial charge on any atom is -0.340 e. The van der Waals surface area contributed by atoms with Gasteiger partial charge in [0, 0.05) is 11.3 Å². The Morgan fingerprint density at radius 2 is 1.85 bits per heavy atom. The van der Waals surface area contributed by atoms with Gasteiger partial charge in [-0.2, -0.15) is 5.26 Å². The second-order valence-corrected chi connectivity index (χ2v) is 6.65. The second-order valence-electron chi connectivity index (χ2n) is 6.65. The van der Waals surface area contributed by atoms with Gasteiger partial charge in [-0.1, -0.05) is 38.1 Å². The summed E-state index contributed by atoms with van der Waals surface area (Å²) < 4.78 is 0. The molecule has 134 valence electrons. The van der Waals surface area contributed by atoms with Crippen LogP contribution < -0.4 is 10.6 Å². The van der Waals surface area contributed by atoms with Gasteiger partial charge in [-0.3, -0.25) is 9.59 Å². The molecule has 0 unspecified atom stereocenters. The topological polar surface area (TPSA) is 82.0 Å². The van der Waals surface area contributed by atoms with E-state index in [-0.39, 0.29) is 17.7 Å². The number of nitriles is 1. The summed E-state index contributed by atoms with van der Waals surface area (Å²) in [6.45, 7) is 5.85. The Morgan fingerprint density at radius 3 is 2.50 bits per heavy atom. The summed E-state index contributed by atoms with van der Waals surface area (Å²) in [7, 11) is 0. The highest BCUT2D eigenvalue weighted by Crippen LogP contribution is 2.14. The number of nitrogens with zero attached hydrogens (tertiary/aromatic N) is 1. The molecule has 0 fully saturated rings. The van der Waals surface area contributed by atoms with Crippen LogP contribution in [0, 0.1) is 24.2 Å². The molecule has 2 N–H and O–H groups in total. The molecule has 2 aromatic rings. The third-order valence-electron chi connectivity index (χ3n) is 3.98.